The molecule has 1 fully saturated rings. The third-order valence-corrected chi connectivity index (χ3v) is 5.42. The van der Waals surface area contributed by atoms with Crippen LogP contribution >= 0.6 is 11.6 Å². The highest BCUT2D eigenvalue weighted by atomic mass is 35.5. The second-order valence-corrected chi connectivity index (χ2v) is 7.23. The summed E-state index contributed by atoms with van der Waals surface area (Å²) < 4.78 is 28.3. The summed E-state index contributed by atoms with van der Waals surface area (Å²) in [4.78, 5) is 0. The van der Waals surface area contributed by atoms with Crippen molar-refractivity contribution in [1.29, 1.82) is 0 Å². The smallest absolute Gasteiger partial charge is 0.195 e. The summed E-state index contributed by atoms with van der Waals surface area (Å²) in [6.45, 7) is 6.61. The first-order chi connectivity index (χ1) is 7.26. The second-order valence-electron chi connectivity index (χ2n) is 4.90. The average molecular weight is 269 g/mol. The Morgan fingerprint density at radius 3 is 2.19 bits per heavy atom. The van der Waals surface area contributed by atoms with E-state index in [4.69, 9.17) is 11.6 Å². The number of alkyl halides is 1. The van der Waals surface area contributed by atoms with Crippen LogP contribution < -0.4 is 4.72 Å². The van der Waals surface area contributed by atoms with Gasteiger partial charge in [0.1, 0.15) is 0 Å². The number of halogens is 1. The van der Waals surface area contributed by atoms with Crippen LogP contribution in [0.15, 0.2) is 0 Å². The van der Waals surface area contributed by atoms with E-state index in [1.807, 2.05) is 0 Å². The molecule has 1 heterocycles. The molecule has 96 valence electrons. The monoisotopic (exact) mass is 268 g/mol. The minimum atomic E-state index is -3.39. The molecule has 1 unspecified atom stereocenters. The van der Waals surface area contributed by atoms with Gasteiger partial charge in [0, 0.05) is 24.0 Å². The number of nitrogens with one attached hydrogen (secondary N) is 1. The number of hydrogen-bond acceptors (Lipinski definition) is 2. The van der Waals surface area contributed by atoms with Gasteiger partial charge < -0.3 is 0 Å². The number of hydrogen-bond donors (Lipinski definition) is 1. The maximum Gasteiger partial charge on any atom is 0.279 e. The summed E-state index contributed by atoms with van der Waals surface area (Å²) >= 11 is 5.97. The molecule has 0 aromatic rings. The molecule has 0 aromatic carbocycles. The summed E-state index contributed by atoms with van der Waals surface area (Å²) in [5.74, 6) is 0. The molecule has 0 aliphatic carbocycles. The van der Waals surface area contributed by atoms with E-state index in [-0.39, 0.29) is 5.38 Å². The number of rotatable bonds is 4. The van der Waals surface area contributed by atoms with Gasteiger partial charge in [0.15, 0.2) is 0 Å². The van der Waals surface area contributed by atoms with Crippen LogP contribution in [-0.2, 0) is 10.2 Å². The van der Waals surface area contributed by atoms with Crippen LogP contribution in [0, 0.1) is 0 Å². The van der Waals surface area contributed by atoms with Crippen molar-refractivity contribution in [3.05, 3.63) is 0 Å². The highest BCUT2D eigenvalue weighted by Crippen LogP contribution is 2.19. The van der Waals surface area contributed by atoms with Crippen LogP contribution in [-0.4, -0.2) is 36.7 Å². The molecule has 4 nitrogen and oxygen atoms in total. The number of nitrogens with zero attached hydrogens (tertiary/aromatic N) is 1. The van der Waals surface area contributed by atoms with Gasteiger partial charge in [-0.1, -0.05) is 6.42 Å². The molecule has 1 saturated heterocycles. The van der Waals surface area contributed by atoms with Crippen LogP contribution in [0.1, 0.15) is 40.0 Å². The molecule has 0 saturated carbocycles. The van der Waals surface area contributed by atoms with E-state index in [1.54, 1.807) is 20.8 Å². The lowest BCUT2D eigenvalue weighted by Crippen LogP contribution is -2.54. The molecule has 1 atom stereocenters. The molecule has 0 amide bonds. The minimum Gasteiger partial charge on any atom is -0.195 e. The Morgan fingerprint density at radius 2 is 1.75 bits per heavy atom. The van der Waals surface area contributed by atoms with Crippen molar-refractivity contribution in [2.45, 2.75) is 50.9 Å². The Labute approximate surface area is 104 Å². The Balaban J connectivity index is 2.71. The van der Waals surface area contributed by atoms with Crippen molar-refractivity contribution in [3.8, 4) is 0 Å². The Bertz CT molecular complexity index is 322. The SMILES string of the molecule is CC(Cl)C(C)(C)NS(=O)(=O)N1CCCCC1. The van der Waals surface area contributed by atoms with Gasteiger partial charge in [0.2, 0.25) is 0 Å². The van der Waals surface area contributed by atoms with E-state index in [1.165, 1.54) is 4.31 Å². The van der Waals surface area contributed by atoms with E-state index in [0.29, 0.717) is 13.1 Å². The topological polar surface area (TPSA) is 49.4 Å². The average Bonchev–Trinajstić information content (AvgIpc) is 2.17. The summed E-state index contributed by atoms with van der Waals surface area (Å²) in [5, 5.41) is -0.257. The van der Waals surface area contributed by atoms with Gasteiger partial charge in [-0.15, -0.1) is 11.6 Å². The summed E-state index contributed by atoms with van der Waals surface area (Å²) in [7, 11) is -3.39. The van der Waals surface area contributed by atoms with Gasteiger partial charge in [-0.3, -0.25) is 0 Å². The molecule has 6 heteroatoms. The van der Waals surface area contributed by atoms with Crippen molar-refractivity contribution < 1.29 is 8.42 Å². The van der Waals surface area contributed by atoms with E-state index < -0.39 is 15.7 Å². The van der Waals surface area contributed by atoms with Crippen LogP contribution in [0.3, 0.4) is 0 Å². The fourth-order valence-corrected chi connectivity index (χ4v) is 3.41. The molecule has 0 radical (unpaired) electrons. The van der Waals surface area contributed by atoms with Crippen LogP contribution in [0.5, 0.6) is 0 Å². The zero-order valence-corrected chi connectivity index (χ0v) is 11.7. The predicted molar refractivity (Wildman–Crippen MR) is 66.9 cm³/mol. The lowest BCUT2D eigenvalue weighted by Gasteiger charge is -2.33. The number of piperidine rings is 1. The lowest BCUT2D eigenvalue weighted by atomic mass is 10.0. The van der Waals surface area contributed by atoms with Gasteiger partial charge >= 0.3 is 0 Å². The molecule has 1 rings (SSSR count). The molecule has 1 N–H and O–H groups in total. The first-order valence-electron chi connectivity index (χ1n) is 5.69. The molecule has 0 aromatic heterocycles. The summed E-state index contributed by atoms with van der Waals surface area (Å²) in [6, 6.07) is 0. The summed E-state index contributed by atoms with van der Waals surface area (Å²) in [5.41, 5.74) is -0.627. The van der Waals surface area contributed by atoms with Crippen molar-refractivity contribution >= 4 is 21.8 Å². The third kappa shape index (κ3) is 3.58. The maximum absolute atomic E-state index is 12.1. The Hall–Kier alpha value is 0.160. The first kappa shape index (κ1) is 14.2. The fraction of sp³-hybridized carbons (Fsp3) is 1.00. The zero-order chi connectivity index (χ0) is 12.4. The van der Waals surface area contributed by atoms with Crippen LogP contribution in [0.2, 0.25) is 0 Å². The standard InChI is InChI=1S/C10H21ClN2O2S/c1-9(11)10(2,3)12-16(14,15)13-7-5-4-6-8-13/h9,12H,4-8H2,1-3H3. The molecule has 1 aliphatic heterocycles. The van der Waals surface area contributed by atoms with E-state index in [9.17, 15) is 8.42 Å². The van der Waals surface area contributed by atoms with Crippen molar-refractivity contribution in [1.82, 2.24) is 9.03 Å². The van der Waals surface area contributed by atoms with Crippen molar-refractivity contribution in [2.24, 2.45) is 0 Å². The van der Waals surface area contributed by atoms with Crippen LogP contribution in [0.4, 0.5) is 0 Å². The third-order valence-electron chi connectivity index (χ3n) is 3.04. The van der Waals surface area contributed by atoms with Crippen molar-refractivity contribution in [2.75, 3.05) is 13.1 Å². The van der Waals surface area contributed by atoms with E-state index in [0.717, 1.165) is 19.3 Å². The van der Waals surface area contributed by atoms with Crippen molar-refractivity contribution in [3.63, 3.8) is 0 Å². The molecule has 1 aliphatic rings. The molecule has 16 heavy (non-hydrogen) atoms. The Morgan fingerprint density at radius 1 is 1.25 bits per heavy atom. The normalized spacial score (nSPS) is 22.0. The molecule has 0 spiro atoms. The van der Waals surface area contributed by atoms with Crippen LogP contribution in [0.25, 0.3) is 0 Å². The highest BCUT2D eigenvalue weighted by Gasteiger charge is 2.33. The van der Waals surface area contributed by atoms with E-state index in [2.05, 4.69) is 4.72 Å². The first-order valence-corrected chi connectivity index (χ1v) is 7.56. The second kappa shape index (κ2) is 5.21. The molecule has 0 bridgehead atoms. The maximum atomic E-state index is 12.1. The minimum absolute atomic E-state index is 0.257. The van der Waals surface area contributed by atoms with Gasteiger partial charge in [-0.25, -0.2) is 0 Å². The lowest BCUT2D eigenvalue weighted by molar-refractivity contribution is 0.328. The highest BCUT2D eigenvalue weighted by molar-refractivity contribution is 7.87. The zero-order valence-electron chi connectivity index (χ0n) is 10.2. The van der Waals surface area contributed by atoms with E-state index >= 15 is 0 Å². The molecular formula is C10H21ClN2O2S. The quantitative estimate of drug-likeness (QED) is 0.790. The van der Waals surface area contributed by atoms with Gasteiger partial charge in [-0.05, 0) is 33.6 Å². The summed E-state index contributed by atoms with van der Waals surface area (Å²) in [6.07, 6.45) is 3.00. The van der Waals surface area contributed by atoms with Gasteiger partial charge in [-0.2, -0.15) is 17.4 Å². The van der Waals surface area contributed by atoms with Gasteiger partial charge in [0.25, 0.3) is 10.2 Å². The largest absolute Gasteiger partial charge is 0.279 e. The fourth-order valence-electron chi connectivity index (χ4n) is 1.58. The van der Waals surface area contributed by atoms with Gasteiger partial charge in [0.05, 0.1) is 0 Å². The Kier molecular flexibility index (Phi) is 4.63. The molecular weight excluding hydrogens is 248 g/mol. The predicted octanol–water partition coefficient (Wildman–Crippen LogP) is 1.71.